The van der Waals surface area contributed by atoms with Crippen LogP contribution in [0.2, 0.25) is 5.02 Å². The number of anilines is 1. The van der Waals surface area contributed by atoms with E-state index in [-0.39, 0.29) is 23.7 Å². The van der Waals surface area contributed by atoms with Gasteiger partial charge < -0.3 is 10.1 Å². The van der Waals surface area contributed by atoms with Crippen LogP contribution in [0.4, 0.5) is 18.9 Å². The highest BCUT2D eigenvalue weighted by Gasteiger charge is 2.31. The van der Waals surface area contributed by atoms with E-state index in [4.69, 9.17) is 16.3 Å². The average Bonchev–Trinajstić information content (AvgIpc) is 2.49. The molecule has 122 valence electrons. The zero-order valence-corrected chi connectivity index (χ0v) is 12.6. The van der Waals surface area contributed by atoms with Gasteiger partial charge in [0.05, 0.1) is 29.3 Å². The molecule has 0 aliphatic heterocycles. The number of halogens is 4. The summed E-state index contributed by atoms with van der Waals surface area (Å²) in [5.74, 6) is 0.125. The molecule has 0 aromatic heterocycles. The van der Waals surface area contributed by atoms with Crippen molar-refractivity contribution in [2.75, 3.05) is 11.9 Å². The van der Waals surface area contributed by atoms with E-state index < -0.39 is 17.6 Å². The standard InChI is InChI=1S/C16H13ClF3NO2/c17-13-7-6-11(16(18,19)20)10-14(13)21-15(22)8-9-23-12-4-2-1-3-5-12/h1-7,10H,8-9H2,(H,21,22). The minimum Gasteiger partial charge on any atom is -0.493 e. The van der Waals surface area contributed by atoms with E-state index in [0.717, 1.165) is 18.2 Å². The summed E-state index contributed by atoms with van der Waals surface area (Å²) in [4.78, 5) is 11.8. The van der Waals surface area contributed by atoms with Gasteiger partial charge in [-0.15, -0.1) is 0 Å². The number of hydrogen-bond donors (Lipinski definition) is 1. The number of benzene rings is 2. The Balaban J connectivity index is 1.92. The van der Waals surface area contributed by atoms with Crippen molar-refractivity contribution in [1.29, 1.82) is 0 Å². The highest BCUT2D eigenvalue weighted by molar-refractivity contribution is 6.33. The van der Waals surface area contributed by atoms with E-state index in [1.807, 2.05) is 6.07 Å². The van der Waals surface area contributed by atoms with Crippen LogP contribution in [0.1, 0.15) is 12.0 Å². The molecule has 7 heteroatoms. The molecule has 0 aliphatic rings. The predicted molar refractivity (Wildman–Crippen MR) is 81.6 cm³/mol. The fourth-order valence-electron chi connectivity index (χ4n) is 1.79. The van der Waals surface area contributed by atoms with Crippen LogP contribution in [-0.2, 0) is 11.0 Å². The summed E-state index contributed by atoms with van der Waals surface area (Å²) in [5, 5.41) is 2.40. The number of hydrogen-bond acceptors (Lipinski definition) is 2. The molecule has 2 aromatic rings. The first-order valence-corrected chi connectivity index (χ1v) is 7.08. The van der Waals surface area contributed by atoms with Crippen molar-refractivity contribution in [3.8, 4) is 5.75 Å². The number of para-hydroxylation sites is 1. The average molecular weight is 344 g/mol. The van der Waals surface area contributed by atoms with Crippen LogP contribution in [0, 0.1) is 0 Å². The van der Waals surface area contributed by atoms with E-state index in [0.29, 0.717) is 5.75 Å². The van der Waals surface area contributed by atoms with E-state index in [2.05, 4.69) is 5.32 Å². The Morgan fingerprint density at radius 2 is 1.83 bits per heavy atom. The largest absolute Gasteiger partial charge is 0.493 e. The van der Waals surface area contributed by atoms with Crippen LogP contribution in [0.5, 0.6) is 5.75 Å². The summed E-state index contributed by atoms with van der Waals surface area (Å²) < 4.78 is 43.3. The van der Waals surface area contributed by atoms with Crippen LogP contribution in [0.25, 0.3) is 0 Å². The summed E-state index contributed by atoms with van der Waals surface area (Å²) >= 11 is 5.81. The van der Waals surface area contributed by atoms with Gasteiger partial charge in [-0.2, -0.15) is 13.2 Å². The lowest BCUT2D eigenvalue weighted by molar-refractivity contribution is -0.137. The van der Waals surface area contributed by atoms with Crippen molar-refractivity contribution >= 4 is 23.2 Å². The first kappa shape index (κ1) is 17.1. The number of carbonyl (C=O) groups is 1. The molecule has 0 heterocycles. The summed E-state index contributed by atoms with van der Waals surface area (Å²) in [5.41, 5.74) is -0.955. The summed E-state index contributed by atoms with van der Waals surface area (Å²) in [6, 6.07) is 11.6. The van der Waals surface area contributed by atoms with Gasteiger partial charge in [0.2, 0.25) is 5.91 Å². The van der Waals surface area contributed by atoms with Crippen molar-refractivity contribution < 1.29 is 22.7 Å². The Hall–Kier alpha value is -2.21. The molecule has 2 rings (SSSR count). The smallest absolute Gasteiger partial charge is 0.416 e. The van der Waals surface area contributed by atoms with Gasteiger partial charge in [-0.25, -0.2) is 0 Å². The fraction of sp³-hybridized carbons (Fsp3) is 0.188. The Labute approximate surface area is 136 Å². The van der Waals surface area contributed by atoms with Crippen molar-refractivity contribution in [3.63, 3.8) is 0 Å². The molecule has 0 spiro atoms. The second-order valence-electron chi connectivity index (χ2n) is 4.65. The predicted octanol–water partition coefficient (Wildman–Crippen LogP) is 4.77. The maximum Gasteiger partial charge on any atom is 0.416 e. The molecule has 0 fully saturated rings. The third-order valence-corrected chi connectivity index (χ3v) is 3.24. The Morgan fingerprint density at radius 1 is 1.13 bits per heavy atom. The number of ether oxygens (including phenoxy) is 1. The molecular weight excluding hydrogens is 331 g/mol. The topological polar surface area (TPSA) is 38.3 Å². The molecule has 1 amide bonds. The van der Waals surface area contributed by atoms with Crippen LogP contribution < -0.4 is 10.1 Å². The lowest BCUT2D eigenvalue weighted by Crippen LogP contribution is -2.16. The van der Waals surface area contributed by atoms with Crippen molar-refractivity contribution in [2.45, 2.75) is 12.6 Å². The molecule has 0 radical (unpaired) electrons. The first-order valence-electron chi connectivity index (χ1n) is 6.71. The maximum absolute atomic E-state index is 12.7. The van der Waals surface area contributed by atoms with Gasteiger partial charge in [0.25, 0.3) is 0 Å². The molecule has 0 saturated carbocycles. The highest BCUT2D eigenvalue weighted by Crippen LogP contribution is 2.33. The van der Waals surface area contributed by atoms with Gasteiger partial charge in [-0.1, -0.05) is 29.8 Å². The molecule has 0 atom stereocenters. The molecule has 0 saturated heterocycles. The van der Waals surface area contributed by atoms with E-state index in [9.17, 15) is 18.0 Å². The SMILES string of the molecule is O=C(CCOc1ccccc1)Nc1cc(C(F)(F)F)ccc1Cl. The molecule has 2 aromatic carbocycles. The van der Waals surface area contributed by atoms with E-state index in [1.165, 1.54) is 0 Å². The normalized spacial score (nSPS) is 11.1. The number of alkyl halides is 3. The molecular formula is C16H13ClF3NO2. The minimum atomic E-state index is -4.50. The summed E-state index contributed by atoms with van der Waals surface area (Å²) in [6.07, 6.45) is -4.51. The molecule has 1 N–H and O–H groups in total. The zero-order valence-electron chi connectivity index (χ0n) is 11.9. The van der Waals surface area contributed by atoms with Gasteiger partial charge in [-0.3, -0.25) is 4.79 Å². The van der Waals surface area contributed by atoms with Gasteiger partial charge in [0.1, 0.15) is 5.75 Å². The Bertz CT molecular complexity index is 675. The minimum absolute atomic E-state index is 0.0124. The van der Waals surface area contributed by atoms with Gasteiger partial charge in [0, 0.05) is 0 Å². The third-order valence-electron chi connectivity index (χ3n) is 2.91. The quantitative estimate of drug-likeness (QED) is 0.849. The van der Waals surface area contributed by atoms with Crippen LogP contribution in [-0.4, -0.2) is 12.5 Å². The lowest BCUT2D eigenvalue weighted by Gasteiger charge is -2.12. The molecule has 23 heavy (non-hydrogen) atoms. The van der Waals surface area contributed by atoms with E-state index >= 15 is 0 Å². The maximum atomic E-state index is 12.7. The molecule has 0 aliphatic carbocycles. The van der Waals surface area contributed by atoms with Gasteiger partial charge in [0.15, 0.2) is 0 Å². The van der Waals surface area contributed by atoms with Crippen molar-refractivity contribution in [2.24, 2.45) is 0 Å². The van der Waals surface area contributed by atoms with Crippen LogP contribution in [0.3, 0.4) is 0 Å². The van der Waals surface area contributed by atoms with Gasteiger partial charge >= 0.3 is 6.18 Å². The molecule has 0 bridgehead atoms. The van der Waals surface area contributed by atoms with Crippen LogP contribution >= 0.6 is 11.6 Å². The zero-order chi connectivity index (χ0) is 16.9. The third kappa shape index (κ3) is 5.17. The highest BCUT2D eigenvalue weighted by atomic mass is 35.5. The van der Waals surface area contributed by atoms with Gasteiger partial charge in [-0.05, 0) is 30.3 Å². The van der Waals surface area contributed by atoms with Crippen LogP contribution in [0.15, 0.2) is 48.5 Å². The second-order valence-corrected chi connectivity index (χ2v) is 5.06. The fourth-order valence-corrected chi connectivity index (χ4v) is 1.95. The number of rotatable bonds is 5. The lowest BCUT2D eigenvalue weighted by atomic mass is 10.2. The second kappa shape index (κ2) is 7.37. The summed E-state index contributed by atoms with van der Waals surface area (Å²) in [6.45, 7) is 0.104. The number of carbonyl (C=O) groups excluding carboxylic acids is 1. The van der Waals surface area contributed by atoms with E-state index in [1.54, 1.807) is 24.3 Å². The first-order chi connectivity index (χ1) is 10.9. The molecule has 0 unspecified atom stereocenters. The monoisotopic (exact) mass is 343 g/mol. The van der Waals surface area contributed by atoms with Crippen molar-refractivity contribution in [3.05, 3.63) is 59.1 Å². The Kier molecular flexibility index (Phi) is 5.50. The number of amides is 1. The summed E-state index contributed by atoms with van der Waals surface area (Å²) in [7, 11) is 0. The number of nitrogens with one attached hydrogen (secondary N) is 1. The Morgan fingerprint density at radius 3 is 2.48 bits per heavy atom. The molecule has 3 nitrogen and oxygen atoms in total. The van der Waals surface area contributed by atoms with Crippen molar-refractivity contribution in [1.82, 2.24) is 0 Å².